The molecule has 0 radical (unpaired) electrons. The van der Waals surface area contributed by atoms with Crippen molar-refractivity contribution in [2.24, 2.45) is 10.4 Å². The molecule has 1 nitrogen and oxygen atoms in total. The number of alkyl halides is 12. The van der Waals surface area contributed by atoms with Crippen LogP contribution in [0.4, 0.5) is 52.7 Å². The van der Waals surface area contributed by atoms with Crippen molar-refractivity contribution in [3.8, 4) is 0 Å². The molecule has 0 saturated heterocycles. The molecule has 1 rings (SSSR count). The highest BCUT2D eigenvalue weighted by molar-refractivity contribution is 5.75. The minimum absolute atomic E-state index is 0.768. The van der Waals surface area contributed by atoms with E-state index in [4.69, 9.17) is 0 Å². The number of allylic oxidation sites excluding steroid dienone is 3. The predicted octanol–water partition coefficient (Wildman–Crippen LogP) is 5.93. The van der Waals surface area contributed by atoms with E-state index in [1.165, 1.54) is 0 Å². The molecule has 0 aromatic rings. The van der Waals surface area contributed by atoms with Gasteiger partial charge in [0.05, 0.1) is 16.7 Å². The molecule has 0 N–H and O–H groups in total. The maximum Gasteiger partial charge on any atom is 0.422 e. The quantitative estimate of drug-likeness (QED) is 0.291. The van der Waals surface area contributed by atoms with Gasteiger partial charge in [-0.2, -0.15) is 52.7 Å². The summed E-state index contributed by atoms with van der Waals surface area (Å²) in [5, 5.41) is 0. The molecule has 0 fully saturated rings. The third-order valence-electron chi connectivity index (χ3n) is 3.09. The van der Waals surface area contributed by atoms with E-state index >= 15 is 0 Å². The Balaban J connectivity index is 3.97. The van der Waals surface area contributed by atoms with Crippen LogP contribution in [0.3, 0.4) is 0 Å². The average molecular weight is 407 g/mol. The molecule has 0 aromatic heterocycles. The highest BCUT2D eigenvalue weighted by atomic mass is 19.4. The van der Waals surface area contributed by atoms with Crippen molar-refractivity contribution in [2.45, 2.75) is 51.0 Å². The third-order valence-corrected chi connectivity index (χ3v) is 3.09. The highest BCUT2D eigenvalue weighted by Crippen LogP contribution is 2.75. The minimum Gasteiger partial charge on any atom is -0.237 e. The van der Waals surface area contributed by atoms with Crippen LogP contribution < -0.4 is 0 Å². The molecule has 0 amide bonds. The van der Waals surface area contributed by atoms with Crippen molar-refractivity contribution >= 4 is 5.87 Å². The lowest BCUT2D eigenvalue weighted by Crippen LogP contribution is -2.41. The standard InChI is InChI=1S/C13H9F12N/c1-8(2,3)26-4-5(10(14,15)16)9(13(23,24)25)6(11(17,18)19)7(9)12(20,21)22/h1-3H3. The maximum absolute atomic E-state index is 13.2. The van der Waals surface area contributed by atoms with E-state index in [1.54, 1.807) is 0 Å². The van der Waals surface area contributed by atoms with E-state index in [-0.39, 0.29) is 0 Å². The second kappa shape index (κ2) is 5.67. The summed E-state index contributed by atoms with van der Waals surface area (Å²) >= 11 is 0. The van der Waals surface area contributed by atoms with Crippen LogP contribution in [0.2, 0.25) is 0 Å². The van der Waals surface area contributed by atoms with Gasteiger partial charge in [-0.3, -0.25) is 0 Å². The summed E-state index contributed by atoms with van der Waals surface area (Å²) in [6, 6.07) is 0. The molecular formula is C13H9F12N. The lowest BCUT2D eigenvalue weighted by atomic mass is 9.86. The van der Waals surface area contributed by atoms with Gasteiger partial charge in [0.1, 0.15) is 5.57 Å². The molecule has 0 unspecified atom stereocenters. The number of rotatable bonds is 1. The Morgan fingerprint density at radius 2 is 1.08 bits per heavy atom. The van der Waals surface area contributed by atoms with Gasteiger partial charge in [-0.1, -0.05) is 0 Å². The molecule has 0 spiro atoms. The van der Waals surface area contributed by atoms with Gasteiger partial charge in [-0.05, 0) is 26.6 Å². The Kier molecular flexibility index (Phi) is 4.88. The Morgan fingerprint density at radius 1 is 0.731 bits per heavy atom. The first-order valence-corrected chi connectivity index (χ1v) is 6.47. The van der Waals surface area contributed by atoms with E-state index < -0.39 is 52.4 Å². The van der Waals surface area contributed by atoms with Crippen molar-refractivity contribution in [2.75, 3.05) is 0 Å². The Labute approximate surface area is 138 Å². The normalized spacial score (nSPS) is 18.6. The monoisotopic (exact) mass is 407 g/mol. The minimum atomic E-state index is -6.58. The lowest BCUT2D eigenvalue weighted by molar-refractivity contribution is -0.211. The number of hydrogen-bond acceptors (Lipinski definition) is 1. The first-order valence-electron chi connectivity index (χ1n) is 6.47. The maximum atomic E-state index is 13.2. The largest absolute Gasteiger partial charge is 0.422 e. The van der Waals surface area contributed by atoms with Gasteiger partial charge in [-0.25, -0.2) is 4.99 Å². The molecule has 150 valence electrons. The molecule has 13 heteroatoms. The van der Waals surface area contributed by atoms with Crippen LogP contribution in [0.25, 0.3) is 0 Å². The van der Waals surface area contributed by atoms with Crippen LogP contribution in [-0.2, 0) is 0 Å². The molecule has 0 saturated carbocycles. The van der Waals surface area contributed by atoms with Gasteiger partial charge in [0, 0.05) is 0 Å². The van der Waals surface area contributed by atoms with Crippen LogP contribution in [0.15, 0.2) is 21.7 Å². The van der Waals surface area contributed by atoms with E-state index in [2.05, 4.69) is 4.99 Å². The van der Waals surface area contributed by atoms with Gasteiger partial charge in [0.15, 0.2) is 5.41 Å². The lowest BCUT2D eigenvalue weighted by Gasteiger charge is -2.27. The summed E-state index contributed by atoms with van der Waals surface area (Å²) in [6.45, 7) is 3.18. The highest BCUT2D eigenvalue weighted by Gasteiger charge is 2.86. The Bertz CT molecular complexity index is 644. The van der Waals surface area contributed by atoms with Crippen LogP contribution in [0, 0.1) is 5.41 Å². The Morgan fingerprint density at radius 3 is 1.27 bits per heavy atom. The summed E-state index contributed by atoms with van der Waals surface area (Å²) in [4.78, 5) is 2.91. The zero-order valence-electron chi connectivity index (χ0n) is 13.0. The summed E-state index contributed by atoms with van der Waals surface area (Å²) in [7, 11) is 0. The van der Waals surface area contributed by atoms with Gasteiger partial charge < -0.3 is 0 Å². The van der Waals surface area contributed by atoms with Crippen molar-refractivity contribution in [3.05, 3.63) is 16.7 Å². The molecule has 1 aliphatic carbocycles. The van der Waals surface area contributed by atoms with E-state index in [0.717, 1.165) is 26.6 Å². The SMILES string of the molecule is CC(C)(C)N=C=C(C(F)(F)F)C1(C(F)(F)F)C(C(F)(F)F)=C1C(F)(F)F. The molecule has 0 bridgehead atoms. The van der Waals surface area contributed by atoms with Crippen LogP contribution >= 0.6 is 0 Å². The number of hydrogen-bond donors (Lipinski definition) is 0. The zero-order valence-corrected chi connectivity index (χ0v) is 13.0. The average Bonchev–Trinajstić information content (AvgIpc) is 2.95. The first-order chi connectivity index (χ1) is 11.1. The second-order valence-corrected chi connectivity index (χ2v) is 6.26. The van der Waals surface area contributed by atoms with Gasteiger partial charge in [0.2, 0.25) is 0 Å². The van der Waals surface area contributed by atoms with E-state index in [0.29, 0.717) is 0 Å². The number of nitrogens with zero attached hydrogens (tertiary/aromatic N) is 1. The molecule has 0 heterocycles. The van der Waals surface area contributed by atoms with Crippen molar-refractivity contribution in [1.29, 1.82) is 0 Å². The molecule has 26 heavy (non-hydrogen) atoms. The van der Waals surface area contributed by atoms with E-state index in [1.807, 2.05) is 0 Å². The second-order valence-electron chi connectivity index (χ2n) is 6.26. The summed E-state index contributed by atoms with van der Waals surface area (Å²) in [5.41, 5.74) is -16.9. The van der Waals surface area contributed by atoms with Crippen molar-refractivity contribution in [3.63, 3.8) is 0 Å². The fourth-order valence-electron chi connectivity index (χ4n) is 2.25. The van der Waals surface area contributed by atoms with Crippen molar-refractivity contribution in [1.82, 2.24) is 0 Å². The molecule has 0 aliphatic heterocycles. The van der Waals surface area contributed by atoms with E-state index in [9.17, 15) is 52.7 Å². The predicted molar refractivity (Wildman–Crippen MR) is 64.4 cm³/mol. The summed E-state index contributed by atoms with van der Waals surface area (Å²) < 4.78 is 155. The number of aliphatic imine (C=N–C) groups is 1. The van der Waals surface area contributed by atoms with Gasteiger partial charge >= 0.3 is 24.7 Å². The molecule has 0 aromatic carbocycles. The zero-order chi connectivity index (χ0) is 21.1. The number of halogens is 12. The molecule has 1 aliphatic rings. The molecular weight excluding hydrogens is 398 g/mol. The third kappa shape index (κ3) is 3.86. The van der Waals surface area contributed by atoms with Gasteiger partial charge in [0.25, 0.3) is 0 Å². The summed E-state index contributed by atoms with van der Waals surface area (Å²) in [5.74, 6) is 0.768. The first kappa shape index (κ1) is 22.4. The van der Waals surface area contributed by atoms with Gasteiger partial charge in [-0.15, -0.1) is 0 Å². The van der Waals surface area contributed by atoms with Crippen molar-refractivity contribution < 1.29 is 52.7 Å². The molecule has 0 atom stereocenters. The fourth-order valence-corrected chi connectivity index (χ4v) is 2.25. The van der Waals surface area contributed by atoms with Crippen LogP contribution in [0.5, 0.6) is 0 Å². The Hall–Kier alpha value is -1.65. The smallest absolute Gasteiger partial charge is 0.237 e. The fraction of sp³-hybridized carbons (Fsp3) is 0.692. The summed E-state index contributed by atoms with van der Waals surface area (Å²) in [6.07, 6.45) is -25.4. The topological polar surface area (TPSA) is 12.4 Å². The van der Waals surface area contributed by atoms with Crippen LogP contribution in [-0.4, -0.2) is 36.1 Å². The van der Waals surface area contributed by atoms with Crippen LogP contribution in [0.1, 0.15) is 20.8 Å².